The third-order valence-corrected chi connectivity index (χ3v) is 7.05. The van der Waals surface area contributed by atoms with Gasteiger partial charge in [-0.3, -0.25) is 9.59 Å². The van der Waals surface area contributed by atoms with Gasteiger partial charge in [0.05, 0.1) is 5.52 Å². The maximum absolute atomic E-state index is 12.5. The van der Waals surface area contributed by atoms with Crippen molar-refractivity contribution < 1.29 is 9.59 Å². The average Bonchev–Trinajstić information content (AvgIpc) is 2.77. The molecule has 0 spiro atoms. The molecule has 178 valence electrons. The van der Waals surface area contributed by atoms with Crippen molar-refractivity contribution in [3.63, 3.8) is 0 Å². The molecule has 2 aliphatic rings. The maximum Gasteiger partial charge on any atom is 0.224 e. The van der Waals surface area contributed by atoms with Crippen LogP contribution in [0.2, 0.25) is 0 Å². The Labute approximate surface area is 197 Å². The molecule has 0 radical (unpaired) electrons. The molecule has 0 aliphatic carbocycles. The van der Waals surface area contributed by atoms with Crippen LogP contribution in [0.5, 0.6) is 0 Å². The van der Waals surface area contributed by atoms with Crippen LogP contribution in [0.25, 0.3) is 10.9 Å². The SMILES string of the molecule is Cc1cc(N2C[C@H](C)C[C@@H](C)C2)nc2ccc(NC(=O)CCC(=O)N3CCC[C@H](C)C3)cc12. The van der Waals surface area contributed by atoms with Gasteiger partial charge in [0.25, 0.3) is 0 Å². The van der Waals surface area contributed by atoms with E-state index in [2.05, 4.69) is 44.0 Å². The largest absolute Gasteiger partial charge is 0.356 e. The first-order valence-corrected chi connectivity index (χ1v) is 12.5. The molecule has 3 atom stereocenters. The maximum atomic E-state index is 12.5. The number of amides is 2. The number of hydrogen-bond donors (Lipinski definition) is 1. The lowest BCUT2D eigenvalue weighted by atomic mass is 9.92. The predicted octanol–water partition coefficient (Wildman–Crippen LogP) is 5.00. The second kappa shape index (κ2) is 10.1. The number of hydrogen-bond acceptors (Lipinski definition) is 4. The van der Waals surface area contributed by atoms with Crippen LogP contribution in [-0.4, -0.2) is 47.9 Å². The summed E-state index contributed by atoms with van der Waals surface area (Å²) in [5.41, 5.74) is 2.86. The Morgan fingerprint density at radius 1 is 1.03 bits per heavy atom. The van der Waals surface area contributed by atoms with E-state index >= 15 is 0 Å². The van der Waals surface area contributed by atoms with Gasteiger partial charge in [0.2, 0.25) is 11.8 Å². The quantitative estimate of drug-likeness (QED) is 0.696. The molecule has 1 aromatic heterocycles. The topological polar surface area (TPSA) is 65.5 Å². The Bertz CT molecular complexity index is 1010. The summed E-state index contributed by atoms with van der Waals surface area (Å²) in [5.74, 6) is 2.91. The zero-order chi connectivity index (χ0) is 23.5. The van der Waals surface area contributed by atoms with Crippen LogP contribution in [0.15, 0.2) is 24.3 Å². The van der Waals surface area contributed by atoms with Gasteiger partial charge in [-0.15, -0.1) is 0 Å². The molecule has 1 aromatic carbocycles. The number of carbonyl (C=O) groups excluding carboxylic acids is 2. The van der Waals surface area contributed by atoms with Crippen molar-refractivity contribution in [1.29, 1.82) is 0 Å². The van der Waals surface area contributed by atoms with E-state index in [9.17, 15) is 9.59 Å². The van der Waals surface area contributed by atoms with Crippen LogP contribution < -0.4 is 10.2 Å². The number of fused-ring (bicyclic) bond motifs is 1. The number of nitrogens with zero attached hydrogens (tertiary/aromatic N) is 3. The van der Waals surface area contributed by atoms with E-state index in [0.29, 0.717) is 17.8 Å². The molecule has 0 saturated carbocycles. The predicted molar refractivity (Wildman–Crippen MR) is 134 cm³/mol. The summed E-state index contributed by atoms with van der Waals surface area (Å²) in [6, 6.07) is 8.05. The molecule has 6 nitrogen and oxygen atoms in total. The molecule has 2 aromatic rings. The molecule has 6 heteroatoms. The first-order valence-electron chi connectivity index (χ1n) is 12.5. The Balaban J connectivity index is 1.39. The summed E-state index contributed by atoms with van der Waals surface area (Å²) < 4.78 is 0. The Morgan fingerprint density at radius 3 is 2.52 bits per heavy atom. The van der Waals surface area contributed by atoms with Crippen molar-refractivity contribution in [2.75, 3.05) is 36.4 Å². The van der Waals surface area contributed by atoms with Gasteiger partial charge in [-0.05, 0) is 73.8 Å². The summed E-state index contributed by atoms with van der Waals surface area (Å²) in [7, 11) is 0. The zero-order valence-electron chi connectivity index (χ0n) is 20.6. The molecule has 2 amide bonds. The highest BCUT2D eigenvalue weighted by molar-refractivity contribution is 5.96. The van der Waals surface area contributed by atoms with E-state index in [1.807, 2.05) is 23.1 Å². The van der Waals surface area contributed by atoms with E-state index in [1.165, 1.54) is 12.8 Å². The molecule has 2 fully saturated rings. The summed E-state index contributed by atoms with van der Waals surface area (Å²) in [5, 5.41) is 4.02. The van der Waals surface area contributed by atoms with Gasteiger partial charge in [0.1, 0.15) is 5.82 Å². The number of anilines is 2. The number of carbonyl (C=O) groups is 2. The van der Waals surface area contributed by atoms with E-state index in [4.69, 9.17) is 4.98 Å². The summed E-state index contributed by atoms with van der Waals surface area (Å²) in [6.07, 6.45) is 3.99. The summed E-state index contributed by atoms with van der Waals surface area (Å²) in [6.45, 7) is 12.6. The number of likely N-dealkylation sites (tertiary alicyclic amines) is 1. The number of nitrogens with one attached hydrogen (secondary N) is 1. The van der Waals surface area contributed by atoms with Crippen molar-refractivity contribution in [3.05, 3.63) is 29.8 Å². The average molecular weight is 451 g/mol. The molecule has 4 rings (SSSR count). The van der Waals surface area contributed by atoms with E-state index in [1.54, 1.807) is 0 Å². The van der Waals surface area contributed by atoms with Crippen LogP contribution in [0.1, 0.15) is 58.4 Å². The van der Waals surface area contributed by atoms with Crippen molar-refractivity contribution in [2.45, 2.75) is 59.8 Å². The smallest absolute Gasteiger partial charge is 0.224 e. The van der Waals surface area contributed by atoms with Crippen LogP contribution in [0.4, 0.5) is 11.5 Å². The van der Waals surface area contributed by atoms with Crippen molar-refractivity contribution >= 4 is 34.2 Å². The highest BCUT2D eigenvalue weighted by Crippen LogP contribution is 2.29. The van der Waals surface area contributed by atoms with Crippen LogP contribution >= 0.6 is 0 Å². The molecule has 3 heterocycles. The van der Waals surface area contributed by atoms with Crippen LogP contribution in [-0.2, 0) is 9.59 Å². The number of aromatic nitrogens is 1. The van der Waals surface area contributed by atoms with Gasteiger partial charge >= 0.3 is 0 Å². The first kappa shape index (κ1) is 23.5. The molecule has 33 heavy (non-hydrogen) atoms. The van der Waals surface area contributed by atoms with Gasteiger partial charge in [0.15, 0.2) is 0 Å². The Kier molecular flexibility index (Phi) is 7.20. The number of pyridine rings is 1. The minimum atomic E-state index is -0.119. The highest BCUT2D eigenvalue weighted by Gasteiger charge is 2.24. The molecular weight excluding hydrogens is 412 g/mol. The standard InChI is InChI=1S/C27H38N4O2/c1-18-6-5-11-30(15-18)27(33)10-9-26(32)28-22-7-8-24-23(14-22)21(4)13-25(29-24)31-16-19(2)12-20(3)17-31/h7-8,13-14,18-20H,5-6,9-12,15-17H2,1-4H3,(H,28,32)/t18-,19+,20+/m0/s1. The molecule has 0 unspecified atom stereocenters. The normalized spacial score (nSPS) is 23.6. The number of piperidine rings is 2. The van der Waals surface area contributed by atoms with Gasteiger partial charge in [-0.2, -0.15) is 0 Å². The molecule has 2 saturated heterocycles. The fraction of sp³-hybridized carbons (Fsp3) is 0.593. The van der Waals surface area contributed by atoms with Crippen LogP contribution in [0.3, 0.4) is 0 Å². The fourth-order valence-corrected chi connectivity index (χ4v) is 5.48. The zero-order valence-corrected chi connectivity index (χ0v) is 20.6. The van der Waals surface area contributed by atoms with Crippen molar-refractivity contribution in [2.24, 2.45) is 17.8 Å². The van der Waals surface area contributed by atoms with Gasteiger partial charge < -0.3 is 15.1 Å². The lowest BCUT2D eigenvalue weighted by molar-refractivity contribution is -0.134. The minimum Gasteiger partial charge on any atom is -0.356 e. The van der Waals surface area contributed by atoms with Gasteiger partial charge in [-0.25, -0.2) is 4.98 Å². The third kappa shape index (κ3) is 5.84. The highest BCUT2D eigenvalue weighted by atomic mass is 16.2. The molecule has 2 aliphatic heterocycles. The van der Waals surface area contributed by atoms with E-state index in [-0.39, 0.29) is 24.7 Å². The second-order valence-corrected chi connectivity index (χ2v) is 10.5. The Hall–Kier alpha value is -2.63. The van der Waals surface area contributed by atoms with E-state index < -0.39 is 0 Å². The van der Waals surface area contributed by atoms with Gasteiger partial charge in [-0.1, -0.05) is 20.8 Å². The second-order valence-electron chi connectivity index (χ2n) is 10.5. The molecule has 0 bridgehead atoms. The minimum absolute atomic E-state index is 0.0872. The monoisotopic (exact) mass is 450 g/mol. The molecular formula is C27H38N4O2. The van der Waals surface area contributed by atoms with E-state index in [0.717, 1.165) is 60.6 Å². The fourth-order valence-electron chi connectivity index (χ4n) is 5.48. The molecule has 1 N–H and O–H groups in total. The number of aryl methyl sites for hydroxylation is 1. The van der Waals surface area contributed by atoms with Crippen molar-refractivity contribution in [1.82, 2.24) is 9.88 Å². The number of benzene rings is 1. The summed E-state index contributed by atoms with van der Waals surface area (Å²) >= 11 is 0. The third-order valence-electron chi connectivity index (χ3n) is 7.05. The summed E-state index contributed by atoms with van der Waals surface area (Å²) in [4.78, 5) is 34.2. The van der Waals surface area contributed by atoms with Crippen LogP contribution in [0, 0.1) is 24.7 Å². The van der Waals surface area contributed by atoms with Gasteiger partial charge in [0, 0.05) is 50.1 Å². The van der Waals surface area contributed by atoms with Crippen molar-refractivity contribution in [3.8, 4) is 0 Å². The first-order chi connectivity index (χ1) is 15.8. The lowest BCUT2D eigenvalue weighted by Crippen LogP contribution is -2.39. The Morgan fingerprint density at radius 2 is 1.79 bits per heavy atom. The lowest BCUT2D eigenvalue weighted by Gasteiger charge is -2.36. The number of rotatable bonds is 5.